The van der Waals surface area contributed by atoms with Crippen LogP contribution in [-0.2, 0) is 11.2 Å². The van der Waals surface area contributed by atoms with E-state index in [-0.39, 0.29) is 5.91 Å². The summed E-state index contributed by atoms with van der Waals surface area (Å²) in [6.07, 6.45) is 4.95. The molecule has 0 saturated heterocycles. The van der Waals surface area contributed by atoms with Crippen molar-refractivity contribution in [3.05, 3.63) is 17.8 Å². The quantitative estimate of drug-likeness (QED) is 0.833. The molecule has 0 unspecified atom stereocenters. The van der Waals surface area contributed by atoms with Crippen molar-refractivity contribution >= 4 is 11.5 Å². The summed E-state index contributed by atoms with van der Waals surface area (Å²) in [5, 5.41) is 6.94. The topological polar surface area (TPSA) is 71.3 Å². The summed E-state index contributed by atoms with van der Waals surface area (Å²) in [5.41, 5.74) is 1.13. The Hall–Kier alpha value is -1.69. The molecular formula is C16H26N4O2. The lowest BCUT2D eigenvalue weighted by Crippen LogP contribution is -2.25. The second-order valence-corrected chi connectivity index (χ2v) is 6.29. The number of rotatable bonds is 7. The number of hydrogen-bond acceptors (Lipinski definition) is 5. The van der Waals surface area contributed by atoms with Crippen LogP contribution in [0.1, 0.15) is 44.8 Å². The van der Waals surface area contributed by atoms with Crippen molar-refractivity contribution in [2.24, 2.45) is 5.92 Å². The lowest BCUT2D eigenvalue weighted by atomic mass is 10.1. The highest BCUT2D eigenvalue weighted by molar-refractivity contribution is 5.75. The van der Waals surface area contributed by atoms with Gasteiger partial charge in [-0.15, -0.1) is 0 Å². The fourth-order valence-electron chi connectivity index (χ4n) is 2.27. The first-order chi connectivity index (χ1) is 10.5. The van der Waals surface area contributed by atoms with E-state index in [2.05, 4.69) is 47.3 Å². The van der Waals surface area contributed by atoms with E-state index >= 15 is 0 Å². The Balaban J connectivity index is 1.76. The minimum atomic E-state index is 0.0407. The lowest BCUT2D eigenvalue weighted by Gasteiger charge is -2.19. The zero-order valence-electron chi connectivity index (χ0n) is 13.8. The van der Waals surface area contributed by atoms with Crippen molar-refractivity contribution in [3.8, 4) is 0 Å². The number of carbonyl (C=O) groups excluding carboxylic acids is 1. The van der Waals surface area contributed by atoms with Crippen LogP contribution in [0.2, 0.25) is 0 Å². The highest BCUT2D eigenvalue weighted by atomic mass is 16.5. The molecule has 0 saturated carbocycles. The number of nitrogens with one attached hydrogen (secondary N) is 1. The summed E-state index contributed by atoms with van der Waals surface area (Å²) in [6, 6.07) is 0. The zero-order chi connectivity index (χ0) is 15.9. The Morgan fingerprint density at radius 1 is 1.50 bits per heavy atom. The highest BCUT2D eigenvalue weighted by Gasteiger charge is 2.15. The summed E-state index contributed by atoms with van der Waals surface area (Å²) >= 11 is 0. The molecule has 122 valence electrons. The molecule has 1 amide bonds. The smallest absolute Gasteiger partial charge is 0.227 e. The average Bonchev–Trinajstić information content (AvgIpc) is 2.94. The molecule has 1 N–H and O–H groups in total. The van der Waals surface area contributed by atoms with E-state index in [9.17, 15) is 4.79 Å². The van der Waals surface area contributed by atoms with Crippen LogP contribution in [0.4, 0.5) is 0 Å². The molecule has 0 aliphatic carbocycles. The third-order valence-corrected chi connectivity index (χ3v) is 3.78. The minimum absolute atomic E-state index is 0.0407. The number of aryl methyl sites for hydroxylation is 1. The maximum atomic E-state index is 11.7. The van der Waals surface area contributed by atoms with Gasteiger partial charge < -0.3 is 14.7 Å². The van der Waals surface area contributed by atoms with Crippen molar-refractivity contribution in [2.45, 2.75) is 39.5 Å². The molecule has 0 spiro atoms. The van der Waals surface area contributed by atoms with Gasteiger partial charge >= 0.3 is 0 Å². The Morgan fingerprint density at radius 2 is 2.32 bits per heavy atom. The molecule has 1 aliphatic heterocycles. The van der Waals surface area contributed by atoms with Crippen molar-refractivity contribution in [2.75, 3.05) is 26.7 Å². The highest BCUT2D eigenvalue weighted by Crippen LogP contribution is 2.19. The summed E-state index contributed by atoms with van der Waals surface area (Å²) in [4.78, 5) is 18.4. The largest absolute Gasteiger partial charge is 0.356 e. The normalized spacial score (nSPS) is 15.9. The lowest BCUT2D eigenvalue weighted by molar-refractivity contribution is -0.121. The first-order valence-corrected chi connectivity index (χ1v) is 8.02. The number of hydrogen-bond donors (Lipinski definition) is 1. The van der Waals surface area contributed by atoms with Crippen molar-refractivity contribution < 1.29 is 9.32 Å². The predicted molar refractivity (Wildman–Crippen MR) is 85.2 cm³/mol. The standard InChI is InChI=1S/C16H26N4O2/c1-12(2)6-9-17-14(21)4-5-15-18-16(19-22-15)13-7-10-20(3)11-8-13/h7,12H,4-6,8-11H2,1-3H3,(H,17,21). The minimum Gasteiger partial charge on any atom is -0.356 e. The molecule has 2 rings (SSSR count). The van der Waals surface area contributed by atoms with Gasteiger partial charge in [-0.1, -0.05) is 25.1 Å². The van der Waals surface area contributed by atoms with Gasteiger partial charge in [0.15, 0.2) is 5.82 Å². The van der Waals surface area contributed by atoms with E-state index in [0.29, 0.717) is 30.5 Å². The number of aromatic nitrogens is 2. The maximum absolute atomic E-state index is 11.7. The summed E-state index contributed by atoms with van der Waals surface area (Å²) in [7, 11) is 2.09. The number of nitrogens with zero attached hydrogens (tertiary/aromatic N) is 3. The third kappa shape index (κ3) is 5.26. The van der Waals surface area contributed by atoms with Gasteiger partial charge in [0.1, 0.15) is 0 Å². The summed E-state index contributed by atoms with van der Waals surface area (Å²) in [6.45, 7) is 6.94. The van der Waals surface area contributed by atoms with Gasteiger partial charge in [-0.25, -0.2) is 0 Å². The molecule has 1 aliphatic rings. The molecule has 2 heterocycles. The van der Waals surface area contributed by atoms with Crippen LogP contribution in [0.15, 0.2) is 10.6 Å². The molecule has 0 aromatic carbocycles. The van der Waals surface area contributed by atoms with Crippen LogP contribution in [-0.4, -0.2) is 47.6 Å². The van der Waals surface area contributed by atoms with E-state index in [1.807, 2.05) is 0 Å². The van der Waals surface area contributed by atoms with Gasteiger partial charge in [0.2, 0.25) is 11.8 Å². The summed E-state index contributed by atoms with van der Waals surface area (Å²) in [5.74, 6) is 1.85. The van der Waals surface area contributed by atoms with Gasteiger partial charge in [0, 0.05) is 32.5 Å². The number of carbonyl (C=O) groups is 1. The van der Waals surface area contributed by atoms with E-state index in [0.717, 1.165) is 38.0 Å². The Morgan fingerprint density at radius 3 is 3.00 bits per heavy atom. The van der Waals surface area contributed by atoms with E-state index in [1.54, 1.807) is 0 Å². The van der Waals surface area contributed by atoms with Gasteiger partial charge in [-0.05, 0) is 31.4 Å². The molecule has 22 heavy (non-hydrogen) atoms. The van der Waals surface area contributed by atoms with Gasteiger partial charge in [0.25, 0.3) is 0 Å². The maximum Gasteiger partial charge on any atom is 0.227 e. The molecular weight excluding hydrogens is 280 g/mol. The van der Waals surface area contributed by atoms with E-state index < -0.39 is 0 Å². The molecule has 0 atom stereocenters. The summed E-state index contributed by atoms with van der Waals surface area (Å²) < 4.78 is 5.24. The first-order valence-electron chi connectivity index (χ1n) is 8.02. The van der Waals surface area contributed by atoms with Crippen LogP contribution in [0, 0.1) is 5.92 Å². The van der Waals surface area contributed by atoms with Crippen molar-refractivity contribution in [1.29, 1.82) is 0 Å². The molecule has 1 aromatic heterocycles. The van der Waals surface area contributed by atoms with Crippen LogP contribution >= 0.6 is 0 Å². The Bertz CT molecular complexity index is 522. The van der Waals surface area contributed by atoms with Crippen LogP contribution in [0.25, 0.3) is 5.57 Å². The van der Waals surface area contributed by atoms with Crippen LogP contribution < -0.4 is 5.32 Å². The van der Waals surface area contributed by atoms with Gasteiger partial charge in [0.05, 0.1) is 0 Å². The van der Waals surface area contributed by atoms with Crippen LogP contribution in [0.5, 0.6) is 0 Å². The van der Waals surface area contributed by atoms with E-state index in [4.69, 9.17) is 4.52 Å². The number of likely N-dealkylation sites (N-methyl/N-ethyl adjacent to an activating group) is 1. The van der Waals surface area contributed by atoms with Crippen molar-refractivity contribution in [1.82, 2.24) is 20.4 Å². The van der Waals surface area contributed by atoms with Crippen LogP contribution in [0.3, 0.4) is 0 Å². The Labute approximate surface area is 132 Å². The molecule has 6 heteroatoms. The second-order valence-electron chi connectivity index (χ2n) is 6.29. The SMILES string of the molecule is CC(C)CCNC(=O)CCc1nc(C2=CCN(C)CC2)no1. The molecule has 0 bridgehead atoms. The average molecular weight is 306 g/mol. The molecule has 0 radical (unpaired) electrons. The monoisotopic (exact) mass is 306 g/mol. The molecule has 1 aromatic rings. The van der Waals surface area contributed by atoms with Crippen molar-refractivity contribution in [3.63, 3.8) is 0 Å². The number of amides is 1. The fraction of sp³-hybridized carbons (Fsp3) is 0.688. The zero-order valence-corrected chi connectivity index (χ0v) is 13.8. The van der Waals surface area contributed by atoms with E-state index in [1.165, 1.54) is 0 Å². The third-order valence-electron chi connectivity index (χ3n) is 3.78. The predicted octanol–water partition coefficient (Wildman–Crippen LogP) is 1.88. The Kier molecular flexibility index (Phi) is 6.12. The van der Waals surface area contributed by atoms with Gasteiger partial charge in [-0.3, -0.25) is 4.79 Å². The molecule has 6 nitrogen and oxygen atoms in total. The molecule has 0 fully saturated rings. The first kappa shape index (κ1) is 16.7. The van der Waals surface area contributed by atoms with Gasteiger partial charge in [-0.2, -0.15) is 4.98 Å². The second kappa shape index (κ2) is 8.08. The fourth-order valence-corrected chi connectivity index (χ4v) is 2.27.